The molecule has 2 aromatic carbocycles. The molecule has 0 saturated carbocycles. The highest BCUT2D eigenvalue weighted by atomic mass is 19.3. The van der Waals surface area contributed by atoms with Crippen molar-refractivity contribution in [3.05, 3.63) is 88.6 Å². The first-order valence-electron chi connectivity index (χ1n) is 17.6. The van der Waals surface area contributed by atoms with E-state index in [0.717, 1.165) is 32.7 Å². The van der Waals surface area contributed by atoms with Crippen molar-refractivity contribution in [3.8, 4) is 0 Å². The third-order valence-electron chi connectivity index (χ3n) is 11.2. The number of urea groups is 1. The minimum atomic E-state index is -2.85. The van der Waals surface area contributed by atoms with Crippen LogP contribution < -0.4 is 16.0 Å². The van der Waals surface area contributed by atoms with Crippen LogP contribution in [-0.2, 0) is 45.7 Å². The molecule has 0 bridgehead atoms. The van der Waals surface area contributed by atoms with Gasteiger partial charge in [0, 0.05) is 43.6 Å². The van der Waals surface area contributed by atoms with E-state index in [1.165, 1.54) is 0 Å². The number of rotatable bonds is 9. The van der Waals surface area contributed by atoms with Crippen molar-refractivity contribution in [1.82, 2.24) is 25.0 Å². The number of pyridine rings is 1. The van der Waals surface area contributed by atoms with Gasteiger partial charge in [0.1, 0.15) is 12.4 Å². The summed E-state index contributed by atoms with van der Waals surface area (Å²) in [4.78, 5) is 63.1. The zero-order chi connectivity index (χ0) is 36.0. The molecule has 3 aliphatic heterocycles. The highest BCUT2D eigenvalue weighted by molar-refractivity contribution is 6.06. The summed E-state index contributed by atoms with van der Waals surface area (Å²) in [6, 6.07) is 16.8. The molecule has 51 heavy (non-hydrogen) atoms. The number of likely N-dealkylation sites (tertiary alicyclic amines) is 2. The molecule has 0 unspecified atom stereocenters. The van der Waals surface area contributed by atoms with Gasteiger partial charge in [0.05, 0.1) is 23.9 Å². The lowest BCUT2D eigenvalue weighted by molar-refractivity contribution is -0.148. The Bertz CT molecular complexity index is 1870. The summed E-state index contributed by atoms with van der Waals surface area (Å²) in [7, 11) is 1.85. The second-order valence-electron chi connectivity index (χ2n) is 14.4. The third kappa shape index (κ3) is 6.43. The second-order valence-corrected chi connectivity index (χ2v) is 14.4. The minimum Gasteiger partial charge on any atom is -0.329 e. The molecule has 4 aliphatic rings. The average Bonchev–Trinajstić information content (AvgIpc) is 3.63. The second kappa shape index (κ2) is 13.3. The number of carbonyl (C=O) groups excluding carboxylic acids is 4. The van der Waals surface area contributed by atoms with Crippen molar-refractivity contribution < 1.29 is 28.0 Å². The molecule has 7 rings (SSSR count). The molecule has 3 aromatic rings. The summed E-state index contributed by atoms with van der Waals surface area (Å²) in [5.41, 5.74) is 3.85. The van der Waals surface area contributed by atoms with Gasteiger partial charge < -0.3 is 30.7 Å². The summed E-state index contributed by atoms with van der Waals surface area (Å²) in [6.07, 6.45) is 3.93. The fourth-order valence-corrected chi connectivity index (χ4v) is 8.23. The van der Waals surface area contributed by atoms with Crippen molar-refractivity contribution in [2.45, 2.75) is 63.5 Å². The van der Waals surface area contributed by atoms with Crippen molar-refractivity contribution in [2.75, 3.05) is 50.4 Å². The average molecular weight is 700 g/mol. The summed E-state index contributed by atoms with van der Waals surface area (Å²) >= 11 is 0. The lowest BCUT2D eigenvalue weighted by atomic mass is 9.74. The van der Waals surface area contributed by atoms with E-state index in [4.69, 9.17) is 0 Å². The predicted octanol–water partition coefficient (Wildman–Crippen LogP) is 4.32. The van der Waals surface area contributed by atoms with Crippen molar-refractivity contribution in [3.63, 3.8) is 0 Å². The topological polar surface area (TPSA) is 127 Å². The molecule has 2 saturated heterocycles. The van der Waals surface area contributed by atoms with Crippen LogP contribution in [0.15, 0.2) is 60.8 Å². The number of benzene rings is 2. The maximum atomic E-state index is 14.6. The van der Waals surface area contributed by atoms with Gasteiger partial charge in [-0.15, -0.1) is 0 Å². The van der Waals surface area contributed by atoms with Gasteiger partial charge in [-0.25, -0.2) is 18.6 Å². The van der Waals surface area contributed by atoms with Gasteiger partial charge >= 0.3 is 6.03 Å². The van der Waals surface area contributed by atoms with Crippen LogP contribution in [0.5, 0.6) is 0 Å². The Balaban J connectivity index is 1.08. The Kier molecular flexibility index (Phi) is 9.03. The molecular weight excluding hydrogens is 656 g/mol. The number of amides is 5. The van der Waals surface area contributed by atoms with E-state index < -0.39 is 35.9 Å². The molecule has 3 N–H and O–H groups in total. The van der Waals surface area contributed by atoms with Crippen molar-refractivity contribution in [1.29, 1.82) is 0 Å². The van der Waals surface area contributed by atoms with Crippen LogP contribution in [0.3, 0.4) is 0 Å². The number of nitrogens with one attached hydrogen (secondary N) is 3. The number of hydrogen-bond acceptors (Lipinski definition) is 6. The number of fused-ring (bicyclic) bond motifs is 3. The Morgan fingerprint density at radius 1 is 0.961 bits per heavy atom. The number of carbonyl (C=O) groups is 4. The van der Waals surface area contributed by atoms with Crippen LogP contribution >= 0.6 is 0 Å². The Morgan fingerprint density at radius 2 is 1.69 bits per heavy atom. The highest BCUT2D eigenvalue weighted by Gasteiger charge is 2.52. The van der Waals surface area contributed by atoms with Crippen LogP contribution in [0.1, 0.15) is 54.0 Å². The van der Waals surface area contributed by atoms with E-state index in [9.17, 15) is 28.0 Å². The fourth-order valence-electron chi connectivity index (χ4n) is 8.23. The van der Waals surface area contributed by atoms with Gasteiger partial charge in [0.25, 0.3) is 5.92 Å². The molecule has 2 fully saturated rings. The first-order chi connectivity index (χ1) is 24.5. The summed E-state index contributed by atoms with van der Waals surface area (Å²) in [5, 5.41) is 9.09. The summed E-state index contributed by atoms with van der Waals surface area (Å²) in [6.45, 7) is 1.93. The summed E-state index contributed by atoms with van der Waals surface area (Å²) < 4.78 is 26.9. The smallest absolute Gasteiger partial charge is 0.320 e. The van der Waals surface area contributed by atoms with Gasteiger partial charge in [-0.3, -0.25) is 14.4 Å². The molecule has 268 valence electrons. The largest absolute Gasteiger partial charge is 0.329 e. The molecule has 0 radical (unpaired) electrons. The van der Waals surface area contributed by atoms with Crippen molar-refractivity contribution in [2.24, 2.45) is 5.41 Å². The van der Waals surface area contributed by atoms with Crippen LogP contribution in [-0.4, -0.2) is 89.1 Å². The Hall–Kier alpha value is -4.91. The number of nitrogens with zero attached hydrogens (tertiary/aromatic N) is 4. The number of alkyl halides is 2. The van der Waals surface area contributed by atoms with Gasteiger partial charge in [-0.05, 0) is 79.6 Å². The van der Waals surface area contributed by atoms with Crippen LogP contribution in [0, 0.1) is 5.41 Å². The van der Waals surface area contributed by atoms with E-state index in [1.807, 2.05) is 68.6 Å². The SMILES string of the molecule is CCC1(C(=O)N(CC(=O)Nc2ccc3c(c2)C[C@@]2(C3)C(=O)Nc3ncccc32)Cc2ccccc2CNC)CCN(C(=O)N2CC(F)(F)C2)CC1. The number of piperidine rings is 1. The lowest BCUT2D eigenvalue weighted by Gasteiger charge is -2.46. The number of hydrogen-bond donors (Lipinski definition) is 3. The molecule has 1 aliphatic carbocycles. The molecule has 13 heteroatoms. The normalized spacial score (nSPS) is 21.1. The minimum absolute atomic E-state index is 0.0761. The van der Waals surface area contributed by atoms with Crippen LogP contribution in [0.25, 0.3) is 0 Å². The zero-order valence-electron chi connectivity index (χ0n) is 28.9. The van der Waals surface area contributed by atoms with E-state index in [2.05, 4.69) is 20.9 Å². The van der Waals surface area contributed by atoms with E-state index >= 15 is 0 Å². The first-order valence-corrected chi connectivity index (χ1v) is 17.6. The van der Waals surface area contributed by atoms with Crippen LogP contribution in [0.2, 0.25) is 0 Å². The molecule has 1 aromatic heterocycles. The standard InChI is InChI=1S/C38H43F2N7O4/c1-3-36(12-15-45(16-13-36)35(51)47-23-38(39,40)24-47)34(50)46(21-27-8-5-4-7-26(27)20-41-2)22-31(48)43-29-11-10-25-18-37(19-28(25)17-29)30-9-6-14-42-32(30)44-33(37)49/h4-11,14,17,41H,3,12-13,15-16,18-24H2,1-2H3,(H,43,48)(H,42,44,49)/t37-/m1/s1. The van der Waals surface area contributed by atoms with Crippen LogP contribution in [0.4, 0.5) is 25.1 Å². The Labute approximate surface area is 295 Å². The molecular formula is C38H43F2N7O4. The van der Waals surface area contributed by atoms with Gasteiger partial charge in [-0.2, -0.15) is 0 Å². The Morgan fingerprint density at radius 3 is 2.39 bits per heavy atom. The number of aromatic nitrogens is 1. The quantitative estimate of drug-likeness (QED) is 0.306. The monoisotopic (exact) mass is 699 g/mol. The molecule has 5 amide bonds. The maximum Gasteiger partial charge on any atom is 0.320 e. The number of anilines is 2. The predicted molar refractivity (Wildman–Crippen MR) is 187 cm³/mol. The molecule has 11 nitrogen and oxygen atoms in total. The maximum absolute atomic E-state index is 14.6. The first kappa shape index (κ1) is 34.5. The van der Waals surface area contributed by atoms with Gasteiger partial charge in [0.15, 0.2) is 0 Å². The van der Waals surface area contributed by atoms with Gasteiger partial charge in [-0.1, -0.05) is 43.3 Å². The zero-order valence-corrected chi connectivity index (χ0v) is 28.9. The number of halogens is 2. The summed E-state index contributed by atoms with van der Waals surface area (Å²) in [5.74, 6) is -2.86. The van der Waals surface area contributed by atoms with E-state index in [-0.39, 0.29) is 43.9 Å². The van der Waals surface area contributed by atoms with E-state index in [0.29, 0.717) is 50.2 Å². The highest BCUT2D eigenvalue weighted by Crippen LogP contribution is 2.47. The van der Waals surface area contributed by atoms with Crippen molar-refractivity contribution >= 4 is 35.3 Å². The molecule has 1 atom stereocenters. The lowest BCUT2D eigenvalue weighted by Crippen LogP contribution is -2.63. The molecule has 1 spiro atoms. The molecule has 4 heterocycles. The van der Waals surface area contributed by atoms with E-state index in [1.54, 1.807) is 16.0 Å². The third-order valence-corrected chi connectivity index (χ3v) is 11.2. The fraction of sp³-hybridized carbons (Fsp3) is 0.447. The van der Waals surface area contributed by atoms with Gasteiger partial charge in [0.2, 0.25) is 17.7 Å².